The summed E-state index contributed by atoms with van der Waals surface area (Å²) in [5.41, 5.74) is 3.23. The lowest BCUT2D eigenvalue weighted by molar-refractivity contribution is 0.102. The van der Waals surface area contributed by atoms with E-state index in [4.69, 9.17) is 14.5 Å². The zero-order valence-electron chi connectivity index (χ0n) is 17.9. The number of amides is 1. The fourth-order valence-corrected chi connectivity index (χ4v) is 4.19. The molecular weight excluding hydrogens is 412 g/mol. The molecule has 160 valence electrons. The lowest BCUT2D eigenvalue weighted by atomic mass is 10.1. The largest absolute Gasteiger partial charge is 0.494 e. The second-order valence-electron chi connectivity index (χ2n) is 6.92. The van der Waals surface area contributed by atoms with Gasteiger partial charge in [0.05, 0.1) is 46.1 Å². The summed E-state index contributed by atoms with van der Waals surface area (Å²) >= 11 is 1.58. The fraction of sp³-hybridized carbons (Fsp3) is 0.261. The summed E-state index contributed by atoms with van der Waals surface area (Å²) < 4.78 is 13.0. The van der Waals surface area contributed by atoms with Gasteiger partial charge in [0.15, 0.2) is 5.65 Å². The molecule has 1 amide bonds. The highest BCUT2D eigenvalue weighted by Gasteiger charge is 2.21. The van der Waals surface area contributed by atoms with E-state index in [1.807, 2.05) is 57.5 Å². The Balaban J connectivity index is 1.80. The number of carbonyl (C=O) groups excluding carboxylic acids is 1. The Hall–Kier alpha value is -3.39. The molecule has 31 heavy (non-hydrogen) atoms. The lowest BCUT2D eigenvalue weighted by Crippen LogP contribution is -2.14. The predicted molar refractivity (Wildman–Crippen MR) is 123 cm³/mol. The average Bonchev–Trinajstić information content (AvgIpc) is 3.38. The number of ether oxygens (including phenoxy) is 2. The van der Waals surface area contributed by atoms with Gasteiger partial charge in [-0.25, -0.2) is 4.98 Å². The van der Waals surface area contributed by atoms with E-state index in [1.54, 1.807) is 28.2 Å². The Kier molecular flexibility index (Phi) is 5.90. The number of nitrogens with one attached hydrogen (secondary N) is 1. The van der Waals surface area contributed by atoms with Crippen LogP contribution in [-0.4, -0.2) is 33.9 Å². The number of aryl methyl sites for hydroxylation is 2. The van der Waals surface area contributed by atoms with Crippen LogP contribution in [0.1, 0.15) is 29.9 Å². The van der Waals surface area contributed by atoms with Gasteiger partial charge in [-0.3, -0.25) is 9.48 Å². The van der Waals surface area contributed by atoms with Crippen molar-refractivity contribution in [1.29, 1.82) is 0 Å². The smallest absolute Gasteiger partial charge is 0.256 e. The van der Waals surface area contributed by atoms with Crippen LogP contribution in [0.2, 0.25) is 0 Å². The molecular formula is C23H24N4O3S. The first kappa shape index (κ1) is 20.9. The molecule has 0 radical (unpaired) electrons. The molecule has 4 rings (SSSR count). The molecule has 1 aromatic carbocycles. The summed E-state index contributed by atoms with van der Waals surface area (Å²) in [6, 6.07) is 11.2. The first-order valence-corrected chi connectivity index (χ1v) is 11.0. The van der Waals surface area contributed by atoms with Gasteiger partial charge < -0.3 is 14.8 Å². The van der Waals surface area contributed by atoms with Crippen LogP contribution in [0, 0.1) is 6.92 Å². The number of carbonyl (C=O) groups is 1. The number of hydrogen-bond acceptors (Lipinski definition) is 6. The summed E-state index contributed by atoms with van der Waals surface area (Å²) in [4.78, 5) is 19.2. The van der Waals surface area contributed by atoms with E-state index in [2.05, 4.69) is 10.4 Å². The maximum absolute atomic E-state index is 13.5. The summed E-state index contributed by atoms with van der Waals surface area (Å²) in [6.07, 6.45) is 0. The van der Waals surface area contributed by atoms with Crippen molar-refractivity contribution in [3.05, 3.63) is 53.0 Å². The molecule has 8 heteroatoms. The van der Waals surface area contributed by atoms with Crippen molar-refractivity contribution in [2.45, 2.75) is 20.8 Å². The molecule has 0 aliphatic rings. The maximum Gasteiger partial charge on any atom is 0.256 e. The predicted octanol–water partition coefficient (Wildman–Crippen LogP) is 5.05. The summed E-state index contributed by atoms with van der Waals surface area (Å²) in [7, 11) is 1.83. The molecule has 0 saturated heterocycles. The van der Waals surface area contributed by atoms with Crippen LogP contribution >= 0.6 is 11.3 Å². The molecule has 0 saturated carbocycles. The van der Waals surface area contributed by atoms with E-state index >= 15 is 0 Å². The van der Waals surface area contributed by atoms with Crippen molar-refractivity contribution in [2.24, 2.45) is 7.05 Å². The van der Waals surface area contributed by atoms with Crippen molar-refractivity contribution in [3.63, 3.8) is 0 Å². The fourth-order valence-electron chi connectivity index (χ4n) is 3.51. The van der Waals surface area contributed by atoms with Crippen molar-refractivity contribution in [3.8, 4) is 22.1 Å². The maximum atomic E-state index is 13.5. The van der Waals surface area contributed by atoms with Crippen LogP contribution in [0.25, 0.3) is 21.6 Å². The zero-order valence-corrected chi connectivity index (χ0v) is 18.7. The molecule has 0 spiro atoms. The lowest BCUT2D eigenvalue weighted by Gasteiger charge is -2.14. The molecule has 0 fully saturated rings. The first-order valence-electron chi connectivity index (χ1n) is 10.1. The second-order valence-corrected chi connectivity index (χ2v) is 7.87. The molecule has 3 aromatic heterocycles. The first-order chi connectivity index (χ1) is 15.0. The number of pyridine rings is 1. The number of fused-ring (bicyclic) bond motifs is 1. The van der Waals surface area contributed by atoms with Crippen molar-refractivity contribution in [2.75, 3.05) is 18.5 Å². The monoisotopic (exact) mass is 436 g/mol. The van der Waals surface area contributed by atoms with Gasteiger partial charge in [-0.05, 0) is 50.4 Å². The van der Waals surface area contributed by atoms with Gasteiger partial charge in [-0.2, -0.15) is 5.10 Å². The number of benzene rings is 1. The third-order valence-electron chi connectivity index (χ3n) is 4.80. The molecule has 0 atom stereocenters. The minimum absolute atomic E-state index is 0.254. The quantitative estimate of drug-likeness (QED) is 0.438. The number of nitrogens with zero attached hydrogens (tertiary/aromatic N) is 3. The van der Waals surface area contributed by atoms with Crippen molar-refractivity contribution < 1.29 is 14.3 Å². The van der Waals surface area contributed by atoms with Gasteiger partial charge in [0.25, 0.3) is 5.91 Å². The van der Waals surface area contributed by atoms with Gasteiger partial charge in [0.2, 0.25) is 0 Å². The minimum atomic E-state index is -0.254. The van der Waals surface area contributed by atoms with Crippen LogP contribution in [0.3, 0.4) is 0 Å². The van der Waals surface area contributed by atoms with Crippen molar-refractivity contribution >= 4 is 34.0 Å². The standard InChI is InChI=1S/C23H24N4O3S/c1-5-29-15-9-10-19(30-6-2)17(12-15)25-23(28)16-13-18(20-8-7-11-31-20)24-22-21(16)14(3)26-27(22)4/h7-13H,5-6H2,1-4H3,(H,25,28). The van der Waals surface area contributed by atoms with E-state index in [0.717, 1.165) is 21.7 Å². The molecule has 0 aliphatic heterocycles. The average molecular weight is 437 g/mol. The van der Waals surface area contributed by atoms with Gasteiger partial charge in [-0.1, -0.05) is 6.07 Å². The van der Waals surface area contributed by atoms with Crippen LogP contribution in [0.5, 0.6) is 11.5 Å². The number of anilines is 1. The molecule has 4 aromatic rings. The van der Waals surface area contributed by atoms with Gasteiger partial charge >= 0.3 is 0 Å². The Labute approximate surface area is 184 Å². The topological polar surface area (TPSA) is 78.3 Å². The Morgan fingerprint density at radius 1 is 1.16 bits per heavy atom. The Morgan fingerprint density at radius 2 is 1.97 bits per heavy atom. The van der Waals surface area contributed by atoms with E-state index in [-0.39, 0.29) is 5.91 Å². The third-order valence-corrected chi connectivity index (χ3v) is 5.69. The SMILES string of the molecule is CCOc1ccc(OCC)c(NC(=O)c2cc(-c3cccs3)nc3c2c(C)nn3C)c1. The molecule has 3 heterocycles. The van der Waals surface area contributed by atoms with Crippen LogP contribution in [0.15, 0.2) is 41.8 Å². The normalized spacial score (nSPS) is 11.0. The number of hydrogen-bond donors (Lipinski definition) is 1. The van der Waals surface area contributed by atoms with Crippen molar-refractivity contribution in [1.82, 2.24) is 14.8 Å². The summed E-state index contributed by atoms with van der Waals surface area (Å²) in [6.45, 7) is 6.72. The number of thiophene rings is 1. The number of aromatic nitrogens is 3. The minimum Gasteiger partial charge on any atom is -0.494 e. The Bertz CT molecular complexity index is 1230. The van der Waals surface area contributed by atoms with Gasteiger partial charge in [0.1, 0.15) is 11.5 Å². The zero-order chi connectivity index (χ0) is 22.0. The van der Waals surface area contributed by atoms with E-state index < -0.39 is 0 Å². The van der Waals surface area contributed by atoms with Gasteiger partial charge in [0, 0.05) is 13.1 Å². The highest BCUT2D eigenvalue weighted by molar-refractivity contribution is 7.13. The summed E-state index contributed by atoms with van der Waals surface area (Å²) in [5, 5.41) is 10.2. The molecule has 0 unspecified atom stereocenters. The highest BCUT2D eigenvalue weighted by atomic mass is 32.1. The van der Waals surface area contributed by atoms with Crippen LogP contribution < -0.4 is 14.8 Å². The second kappa shape index (κ2) is 8.77. The molecule has 0 bridgehead atoms. The molecule has 7 nitrogen and oxygen atoms in total. The third kappa shape index (κ3) is 4.11. The van der Waals surface area contributed by atoms with Crippen LogP contribution in [-0.2, 0) is 7.05 Å². The molecule has 0 aliphatic carbocycles. The van der Waals surface area contributed by atoms with E-state index in [0.29, 0.717) is 41.6 Å². The Morgan fingerprint density at radius 3 is 2.68 bits per heavy atom. The van der Waals surface area contributed by atoms with E-state index in [1.165, 1.54) is 0 Å². The highest BCUT2D eigenvalue weighted by Crippen LogP contribution is 2.32. The summed E-state index contributed by atoms with van der Waals surface area (Å²) in [5.74, 6) is 1.000. The number of rotatable bonds is 7. The molecule has 1 N–H and O–H groups in total. The van der Waals surface area contributed by atoms with E-state index in [9.17, 15) is 4.79 Å². The van der Waals surface area contributed by atoms with Crippen LogP contribution in [0.4, 0.5) is 5.69 Å². The van der Waals surface area contributed by atoms with Gasteiger partial charge in [-0.15, -0.1) is 11.3 Å².